The molecule has 0 heterocycles. The van der Waals surface area contributed by atoms with Crippen LogP contribution < -0.4 is 0 Å². The molecule has 2 aliphatic rings. The van der Waals surface area contributed by atoms with Gasteiger partial charge in [0, 0.05) is 42.4 Å². The van der Waals surface area contributed by atoms with Crippen molar-refractivity contribution < 1.29 is 17.6 Å². The first kappa shape index (κ1) is 18.3. The van der Waals surface area contributed by atoms with Crippen LogP contribution in [0.4, 0.5) is 17.6 Å². The first-order valence-corrected chi connectivity index (χ1v) is 11.0. The third kappa shape index (κ3) is 1.86. The van der Waals surface area contributed by atoms with Crippen molar-refractivity contribution >= 4 is 32.3 Å². The summed E-state index contributed by atoms with van der Waals surface area (Å²) in [6.07, 6.45) is 0. The Morgan fingerprint density at radius 3 is 0.794 bits per heavy atom. The molecule has 0 aromatic heterocycles. The average molecular weight is 448 g/mol. The van der Waals surface area contributed by atoms with E-state index >= 15 is 17.6 Å². The predicted octanol–water partition coefficient (Wildman–Crippen LogP) is 7.48. The lowest BCUT2D eigenvalue weighted by atomic mass is 10.0. The molecule has 6 aromatic carbocycles. The molecular formula is C30H12F4. The standard InChI is InChI=1S/C30H12F4/c31-27-13-5-1-2-6-14(13)28(32)24-18-11-12-20-22-19(10-9-17(21(18)22)23(24)27)25-26(20)30(34)16-8-4-3-7-15(16)29(25)33/h1-12H. The van der Waals surface area contributed by atoms with E-state index in [4.69, 9.17) is 0 Å². The molecule has 0 atom stereocenters. The van der Waals surface area contributed by atoms with E-state index in [2.05, 4.69) is 0 Å². The molecule has 6 aromatic rings. The summed E-state index contributed by atoms with van der Waals surface area (Å²) in [5.74, 6) is -1.95. The van der Waals surface area contributed by atoms with Crippen molar-refractivity contribution in [3.8, 4) is 0 Å². The van der Waals surface area contributed by atoms with E-state index < -0.39 is 23.3 Å². The van der Waals surface area contributed by atoms with Crippen LogP contribution >= 0.6 is 0 Å². The first-order valence-electron chi connectivity index (χ1n) is 11.0. The fraction of sp³-hybridized carbons (Fsp3) is 0. The minimum atomic E-state index is -0.487. The monoisotopic (exact) mass is 448 g/mol. The maximum absolute atomic E-state index is 15.8. The van der Waals surface area contributed by atoms with Gasteiger partial charge in [0.25, 0.3) is 0 Å². The molecule has 0 spiro atoms. The molecular weight excluding hydrogens is 436 g/mol. The second kappa shape index (κ2) is 5.84. The summed E-state index contributed by atoms with van der Waals surface area (Å²) in [7, 11) is 0. The average Bonchev–Trinajstić information content (AvgIpc) is 3.39. The zero-order valence-electron chi connectivity index (χ0n) is 17.4. The van der Waals surface area contributed by atoms with Crippen LogP contribution in [-0.4, -0.2) is 0 Å². The zero-order valence-corrected chi connectivity index (χ0v) is 17.4. The van der Waals surface area contributed by atoms with E-state index in [0.29, 0.717) is 31.6 Å². The quantitative estimate of drug-likeness (QED) is 0.211. The van der Waals surface area contributed by atoms with Gasteiger partial charge in [0.2, 0.25) is 0 Å². The van der Waals surface area contributed by atoms with Gasteiger partial charge in [-0.25, -0.2) is 17.6 Å². The fourth-order valence-corrected chi connectivity index (χ4v) is 6.05. The van der Waals surface area contributed by atoms with Crippen LogP contribution in [0.5, 0.6) is 0 Å². The second-order valence-electron chi connectivity index (χ2n) is 8.92. The van der Waals surface area contributed by atoms with Crippen molar-refractivity contribution in [3.63, 3.8) is 0 Å². The Morgan fingerprint density at radius 2 is 0.559 bits per heavy atom. The molecule has 0 bridgehead atoms. The van der Waals surface area contributed by atoms with Crippen molar-refractivity contribution in [1.29, 1.82) is 0 Å². The van der Waals surface area contributed by atoms with E-state index in [-0.39, 0.29) is 42.4 Å². The smallest absolute Gasteiger partial charge is 0.139 e. The van der Waals surface area contributed by atoms with Crippen molar-refractivity contribution in [1.82, 2.24) is 0 Å². The van der Waals surface area contributed by atoms with Crippen molar-refractivity contribution in [2.24, 2.45) is 0 Å². The van der Waals surface area contributed by atoms with Gasteiger partial charge in [-0.3, -0.25) is 0 Å². The van der Waals surface area contributed by atoms with E-state index in [1.807, 2.05) is 0 Å². The van der Waals surface area contributed by atoms with E-state index in [0.717, 1.165) is 0 Å². The molecule has 0 nitrogen and oxygen atoms in total. The maximum Gasteiger partial charge on any atom is 0.139 e. The number of fused-ring (bicyclic) bond motifs is 4. The first-order chi connectivity index (χ1) is 16.6. The van der Waals surface area contributed by atoms with Gasteiger partial charge in [-0.15, -0.1) is 0 Å². The molecule has 2 aliphatic carbocycles. The third-order valence-corrected chi connectivity index (χ3v) is 7.42. The number of benzene rings is 6. The number of hydrogen-bond donors (Lipinski definition) is 0. The lowest BCUT2D eigenvalue weighted by Gasteiger charge is -2.03. The molecule has 0 N–H and O–H groups in total. The summed E-state index contributed by atoms with van der Waals surface area (Å²) in [5.41, 5.74) is 0. The Bertz CT molecular complexity index is 2040. The van der Waals surface area contributed by atoms with Gasteiger partial charge in [0.15, 0.2) is 0 Å². The summed E-state index contributed by atoms with van der Waals surface area (Å²) >= 11 is 0. The van der Waals surface area contributed by atoms with Gasteiger partial charge in [-0.2, -0.15) is 0 Å². The summed E-state index contributed by atoms with van der Waals surface area (Å²) in [4.78, 5) is 0. The summed E-state index contributed by atoms with van der Waals surface area (Å²) in [5, 5.41) is 5.14. The Kier molecular flexibility index (Phi) is 3.14. The number of rotatable bonds is 0. The highest BCUT2D eigenvalue weighted by molar-refractivity contribution is 5.92. The van der Waals surface area contributed by atoms with Crippen molar-refractivity contribution in [2.75, 3.05) is 0 Å². The van der Waals surface area contributed by atoms with Crippen LogP contribution in [0.2, 0.25) is 0 Å². The Morgan fingerprint density at radius 1 is 0.324 bits per heavy atom. The van der Waals surface area contributed by atoms with Crippen LogP contribution in [0.25, 0.3) is 32.3 Å². The molecule has 34 heavy (non-hydrogen) atoms. The van der Waals surface area contributed by atoms with Gasteiger partial charge in [-0.1, -0.05) is 72.8 Å². The van der Waals surface area contributed by atoms with Gasteiger partial charge in [0.05, 0.1) is 0 Å². The van der Waals surface area contributed by atoms with Crippen molar-refractivity contribution in [2.45, 2.75) is 0 Å². The Balaban J connectivity index is 1.81. The minimum absolute atomic E-state index is 0.206. The van der Waals surface area contributed by atoms with Gasteiger partial charge in [0.1, 0.15) is 23.3 Å². The molecule has 0 amide bonds. The molecule has 0 aliphatic heterocycles. The summed E-state index contributed by atoms with van der Waals surface area (Å²) < 4.78 is 63.0. The Hall–Kier alpha value is -4.18. The normalized spacial score (nSPS) is 12.7. The van der Waals surface area contributed by atoms with Crippen LogP contribution in [0.3, 0.4) is 0 Å². The van der Waals surface area contributed by atoms with Gasteiger partial charge < -0.3 is 0 Å². The van der Waals surface area contributed by atoms with E-state index in [1.165, 1.54) is 0 Å². The molecule has 160 valence electrons. The number of hydrogen-bond acceptors (Lipinski definition) is 0. The van der Waals surface area contributed by atoms with Crippen LogP contribution in [-0.2, 0) is 0 Å². The predicted molar refractivity (Wildman–Crippen MR) is 122 cm³/mol. The Labute approximate surface area is 187 Å². The highest BCUT2D eigenvalue weighted by atomic mass is 19.1. The molecule has 0 radical (unpaired) electrons. The molecule has 0 unspecified atom stereocenters. The largest absolute Gasteiger partial charge is 0.206 e. The lowest BCUT2D eigenvalue weighted by molar-refractivity contribution is 0.604. The van der Waals surface area contributed by atoms with Crippen LogP contribution in [0.1, 0.15) is 0 Å². The van der Waals surface area contributed by atoms with Gasteiger partial charge in [-0.05, 0) is 31.6 Å². The van der Waals surface area contributed by atoms with Crippen LogP contribution in [0, 0.1) is 65.0 Å². The highest BCUT2D eigenvalue weighted by Crippen LogP contribution is 2.35. The van der Waals surface area contributed by atoms with Crippen LogP contribution in [0.15, 0.2) is 72.8 Å². The maximum atomic E-state index is 15.8. The molecule has 8 rings (SSSR count). The fourth-order valence-electron chi connectivity index (χ4n) is 6.05. The molecule has 4 heteroatoms. The van der Waals surface area contributed by atoms with E-state index in [1.54, 1.807) is 72.8 Å². The molecule has 0 fully saturated rings. The van der Waals surface area contributed by atoms with Crippen molar-refractivity contribution in [3.05, 3.63) is 138 Å². The topological polar surface area (TPSA) is 0 Å². The minimum Gasteiger partial charge on any atom is -0.206 e. The summed E-state index contributed by atoms with van der Waals surface area (Å²) in [6, 6.07) is 19.8. The van der Waals surface area contributed by atoms with Gasteiger partial charge >= 0.3 is 0 Å². The third-order valence-electron chi connectivity index (χ3n) is 7.42. The second-order valence-corrected chi connectivity index (χ2v) is 8.92. The summed E-state index contributed by atoms with van der Waals surface area (Å²) in [6.45, 7) is 0. The SMILES string of the molecule is Fc1c2c(c(F)c3ccccc13)=c1ccc3c4c(ccc=2c14)=c1c(F)c2ccccc2c(F)c1=3. The number of halogens is 4. The molecule has 0 saturated heterocycles. The molecule has 0 saturated carbocycles. The highest BCUT2D eigenvalue weighted by Gasteiger charge is 2.22. The lowest BCUT2D eigenvalue weighted by Crippen LogP contribution is -1.91. The zero-order chi connectivity index (χ0) is 22.9. The van der Waals surface area contributed by atoms with E-state index in [9.17, 15) is 0 Å².